The first-order chi connectivity index (χ1) is 17.2. The zero-order valence-corrected chi connectivity index (χ0v) is 22.2. The van der Waals surface area contributed by atoms with Crippen molar-refractivity contribution >= 4 is 11.4 Å². The van der Waals surface area contributed by atoms with Gasteiger partial charge in [0.25, 0.3) is 0 Å². The molecule has 0 fully saturated rings. The second kappa shape index (κ2) is 14.6. The Bertz CT molecular complexity index is 1050. The summed E-state index contributed by atoms with van der Waals surface area (Å²) in [5, 5.41) is 0. The van der Waals surface area contributed by atoms with Crippen LogP contribution in [0.2, 0.25) is 0 Å². The normalized spacial score (nSPS) is 13.8. The van der Waals surface area contributed by atoms with Gasteiger partial charge in [0, 0.05) is 17.2 Å². The Morgan fingerprint density at radius 2 is 1.31 bits per heavy atom. The molecule has 0 aromatic heterocycles. The maximum Gasteiger partial charge on any atom is 0.214 e. The van der Waals surface area contributed by atoms with Crippen molar-refractivity contribution in [3.63, 3.8) is 0 Å². The van der Waals surface area contributed by atoms with E-state index in [1.54, 1.807) is 0 Å². The van der Waals surface area contributed by atoms with Crippen LogP contribution in [0.1, 0.15) is 107 Å². The number of rotatable bonds is 15. The van der Waals surface area contributed by atoms with Gasteiger partial charge in [-0.05, 0) is 73.9 Å². The minimum atomic E-state index is 0.861. The second-order valence-corrected chi connectivity index (χ2v) is 9.86. The van der Waals surface area contributed by atoms with Crippen molar-refractivity contribution in [3.8, 4) is 0 Å². The van der Waals surface area contributed by atoms with Crippen molar-refractivity contribution < 1.29 is 4.70 Å². The van der Waals surface area contributed by atoms with Crippen LogP contribution >= 0.6 is 0 Å². The number of hydrogen-bond donors (Lipinski definition) is 0. The molecule has 0 saturated heterocycles. The maximum absolute atomic E-state index is 11.4. The number of nitrogens with zero attached hydrogens (tertiary/aromatic N) is 2. The van der Waals surface area contributed by atoms with E-state index in [-0.39, 0.29) is 0 Å². The average molecular weight is 469 g/mol. The standard InChI is InChI=1S/C33H44N2/c1-4-7-10-11-12-13-14-21-31-26-32(29-22-15-19-27(24-29)17-8-5-2)35(34)33(31)30-23-16-20-28(25-30)18-9-6-3/h14-16,19-26H,4-13,17-18H2,1-3H3. The van der Waals surface area contributed by atoms with Crippen molar-refractivity contribution in [2.75, 3.05) is 0 Å². The van der Waals surface area contributed by atoms with E-state index in [4.69, 9.17) is 0 Å². The van der Waals surface area contributed by atoms with Gasteiger partial charge in [-0.25, -0.2) is 4.70 Å². The van der Waals surface area contributed by atoms with Crippen molar-refractivity contribution in [2.24, 2.45) is 0 Å². The van der Waals surface area contributed by atoms with Gasteiger partial charge in [-0.15, -0.1) is 0 Å². The van der Waals surface area contributed by atoms with Gasteiger partial charge in [0.2, 0.25) is 11.4 Å². The van der Waals surface area contributed by atoms with Crippen molar-refractivity contribution in [3.05, 3.63) is 100 Å². The summed E-state index contributed by atoms with van der Waals surface area (Å²) in [5.41, 5.74) is 19.1. The van der Waals surface area contributed by atoms with E-state index in [9.17, 15) is 5.53 Å². The van der Waals surface area contributed by atoms with Crippen LogP contribution in [0.4, 0.5) is 0 Å². The largest absolute Gasteiger partial charge is 0.493 e. The van der Waals surface area contributed by atoms with Crippen LogP contribution in [-0.4, -0.2) is 4.70 Å². The third-order valence-electron chi connectivity index (χ3n) is 6.84. The average Bonchev–Trinajstić information content (AvgIpc) is 3.21. The van der Waals surface area contributed by atoms with Gasteiger partial charge in [0.1, 0.15) is 0 Å². The SMILES string of the molecule is CCCCCCCC=CC1=C(c2cccc(CCCC)c2)[N+](=[N-])C(c2cccc(CCCC)c2)=C1. The lowest BCUT2D eigenvalue weighted by Gasteiger charge is -2.11. The van der Waals surface area contributed by atoms with Crippen LogP contribution in [-0.2, 0) is 12.8 Å². The highest BCUT2D eigenvalue weighted by Crippen LogP contribution is 2.36. The molecule has 2 nitrogen and oxygen atoms in total. The Hall–Kier alpha value is -2.74. The zero-order valence-electron chi connectivity index (χ0n) is 22.2. The predicted octanol–water partition coefficient (Wildman–Crippen LogP) is 10.1. The summed E-state index contributed by atoms with van der Waals surface area (Å²) in [7, 11) is 0. The third kappa shape index (κ3) is 7.88. The molecule has 0 N–H and O–H groups in total. The molecular weight excluding hydrogens is 424 g/mol. The van der Waals surface area contributed by atoms with Crippen molar-refractivity contribution in [2.45, 2.75) is 97.8 Å². The van der Waals surface area contributed by atoms with Crippen LogP contribution < -0.4 is 0 Å². The van der Waals surface area contributed by atoms with E-state index >= 15 is 0 Å². The van der Waals surface area contributed by atoms with Crippen LogP contribution in [0.15, 0.2) is 72.3 Å². The molecule has 35 heavy (non-hydrogen) atoms. The van der Waals surface area contributed by atoms with Crippen LogP contribution in [0, 0.1) is 0 Å². The van der Waals surface area contributed by atoms with E-state index in [1.165, 1.54) is 73.6 Å². The van der Waals surface area contributed by atoms with Crippen molar-refractivity contribution in [1.82, 2.24) is 0 Å². The highest BCUT2D eigenvalue weighted by atomic mass is 15.2. The molecule has 186 valence electrons. The van der Waals surface area contributed by atoms with Crippen LogP contribution in [0.5, 0.6) is 0 Å². The number of benzene rings is 2. The molecule has 0 amide bonds. The fraction of sp³-hybridized carbons (Fsp3) is 0.455. The molecular formula is C33H44N2. The second-order valence-electron chi connectivity index (χ2n) is 9.86. The number of hydrogen-bond acceptors (Lipinski definition) is 0. The molecule has 0 bridgehead atoms. The van der Waals surface area contributed by atoms with Gasteiger partial charge in [0.15, 0.2) is 0 Å². The van der Waals surface area contributed by atoms with E-state index in [0.29, 0.717) is 0 Å². The minimum absolute atomic E-state index is 0.861. The Balaban J connectivity index is 1.88. The van der Waals surface area contributed by atoms with E-state index in [2.05, 4.69) is 87.5 Å². The Morgan fingerprint density at radius 3 is 1.97 bits per heavy atom. The van der Waals surface area contributed by atoms with Gasteiger partial charge in [-0.1, -0.05) is 95.7 Å². The maximum atomic E-state index is 11.4. The molecule has 2 aromatic carbocycles. The summed E-state index contributed by atoms with van der Waals surface area (Å²) in [5.74, 6) is 0. The van der Waals surface area contributed by atoms with Gasteiger partial charge in [0.05, 0.1) is 5.57 Å². The molecule has 0 unspecified atom stereocenters. The summed E-state index contributed by atoms with van der Waals surface area (Å²) in [6.45, 7) is 6.72. The van der Waals surface area contributed by atoms with Gasteiger partial charge >= 0.3 is 0 Å². The number of unbranched alkanes of at least 4 members (excludes halogenated alkanes) is 7. The number of aryl methyl sites for hydroxylation is 2. The molecule has 0 saturated carbocycles. The summed E-state index contributed by atoms with van der Waals surface area (Å²) < 4.78 is 1.42. The molecule has 2 heteroatoms. The summed E-state index contributed by atoms with van der Waals surface area (Å²) in [6.07, 6.45) is 21.1. The third-order valence-corrected chi connectivity index (χ3v) is 6.84. The highest BCUT2D eigenvalue weighted by molar-refractivity contribution is 5.80. The smallest absolute Gasteiger partial charge is 0.214 e. The molecule has 3 rings (SSSR count). The molecule has 0 aliphatic carbocycles. The fourth-order valence-electron chi connectivity index (χ4n) is 4.74. The Labute approximate surface area is 214 Å². The topological polar surface area (TPSA) is 25.3 Å². The minimum Gasteiger partial charge on any atom is -0.493 e. The predicted molar refractivity (Wildman–Crippen MR) is 151 cm³/mol. The monoisotopic (exact) mass is 468 g/mol. The van der Waals surface area contributed by atoms with Crippen LogP contribution in [0.25, 0.3) is 16.9 Å². The van der Waals surface area contributed by atoms with E-state index in [0.717, 1.165) is 47.4 Å². The molecule has 1 aliphatic heterocycles. The highest BCUT2D eigenvalue weighted by Gasteiger charge is 2.28. The van der Waals surface area contributed by atoms with E-state index in [1.807, 2.05) is 0 Å². The quantitative estimate of drug-likeness (QED) is 0.183. The first kappa shape index (κ1) is 26.9. The first-order valence-corrected chi connectivity index (χ1v) is 14.0. The zero-order chi connectivity index (χ0) is 24.9. The Kier molecular flexibility index (Phi) is 11.2. The molecule has 0 spiro atoms. The van der Waals surface area contributed by atoms with E-state index < -0.39 is 0 Å². The summed E-state index contributed by atoms with van der Waals surface area (Å²) >= 11 is 0. The molecule has 1 aliphatic rings. The fourth-order valence-corrected chi connectivity index (χ4v) is 4.74. The molecule has 0 radical (unpaired) electrons. The molecule has 0 atom stereocenters. The van der Waals surface area contributed by atoms with Crippen molar-refractivity contribution in [1.29, 1.82) is 0 Å². The van der Waals surface area contributed by atoms with Gasteiger partial charge in [-0.3, -0.25) is 0 Å². The lowest BCUT2D eigenvalue weighted by molar-refractivity contribution is -0.344. The van der Waals surface area contributed by atoms with Crippen LogP contribution in [0.3, 0.4) is 0 Å². The summed E-state index contributed by atoms with van der Waals surface area (Å²) in [4.78, 5) is 0. The lowest BCUT2D eigenvalue weighted by Crippen LogP contribution is -2.03. The summed E-state index contributed by atoms with van der Waals surface area (Å²) in [6, 6.07) is 17.4. The number of allylic oxidation sites excluding steroid dienone is 4. The lowest BCUT2D eigenvalue weighted by atomic mass is 10.0. The van der Waals surface area contributed by atoms with Gasteiger partial charge in [-0.2, -0.15) is 0 Å². The van der Waals surface area contributed by atoms with Gasteiger partial charge < -0.3 is 5.53 Å². The molecule has 2 aromatic rings. The first-order valence-electron chi connectivity index (χ1n) is 14.0. The Morgan fingerprint density at radius 1 is 0.714 bits per heavy atom. The molecule has 1 heterocycles.